The maximum Gasteiger partial charge on any atom is 0.130 e. The zero-order chi connectivity index (χ0) is 12.3. The summed E-state index contributed by atoms with van der Waals surface area (Å²) < 4.78 is 10.8. The predicted molar refractivity (Wildman–Crippen MR) is 69.4 cm³/mol. The number of hydrogen-bond donors (Lipinski definition) is 0. The van der Waals surface area contributed by atoms with E-state index in [1.807, 2.05) is 42.5 Å². The van der Waals surface area contributed by atoms with Crippen molar-refractivity contribution >= 4 is 0 Å². The molecule has 0 heterocycles. The van der Waals surface area contributed by atoms with E-state index in [1.54, 1.807) is 14.2 Å². The highest BCUT2D eigenvalue weighted by molar-refractivity contribution is 5.79. The molecule has 0 atom stereocenters. The van der Waals surface area contributed by atoms with Gasteiger partial charge in [0, 0.05) is 0 Å². The molecule has 0 N–H and O–H groups in total. The smallest absolute Gasteiger partial charge is 0.130 e. The molecule has 2 heteroatoms. The third-order valence-corrected chi connectivity index (χ3v) is 2.71. The lowest BCUT2D eigenvalue weighted by Crippen LogP contribution is -1.94. The maximum absolute atomic E-state index is 5.39. The molecule has 0 saturated carbocycles. The quantitative estimate of drug-likeness (QED) is 0.798. The molecule has 0 aliphatic rings. The Labute approximate surface area is 102 Å². The van der Waals surface area contributed by atoms with E-state index in [1.165, 1.54) is 0 Å². The van der Waals surface area contributed by atoms with Gasteiger partial charge in [-0.25, -0.2) is 0 Å². The Morgan fingerprint density at radius 1 is 0.824 bits per heavy atom. The van der Waals surface area contributed by atoms with Gasteiger partial charge in [-0.3, -0.25) is 0 Å². The summed E-state index contributed by atoms with van der Waals surface area (Å²) in [5.41, 5.74) is 2.93. The molecule has 0 saturated heterocycles. The lowest BCUT2D eigenvalue weighted by Gasteiger charge is -2.14. The van der Waals surface area contributed by atoms with Crippen molar-refractivity contribution in [2.24, 2.45) is 0 Å². The van der Waals surface area contributed by atoms with Crippen LogP contribution < -0.4 is 9.47 Å². The molecule has 0 fully saturated rings. The Bertz CT molecular complexity index is 496. The highest BCUT2D eigenvalue weighted by atomic mass is 16.5. The van der Waals surface area contributed by atoms with Gasteiger partial charge in [0.05, 0.1) is 19.8 Å². The Morgan fingerprint density at radius 2 is 1.41 bits per heavy atom. The van der Waals surface area contributed by atoms with Crippen LogP contribution in [0.25, 0.3) is 11.1 Å². The summed E-state index contributed by atoms with van der Waals surface area (Å²) in [6.07, 6.45) is 0. The largest absolute Gasteiger partial charge is 0.496 e. The van der Waals surface area contributed by atoms with Crippen molar-refractivity contribution in [3.8, 4) is 22.6 Å². The number of methoxy groups -OCH3 is 2. The molecule has 0 spiro atoms. The summed E-state index contributed by atoms with van der Waals surface area (Å²) in [5, 5.41) is 0. The predicted octanol–water partition coefficient (Wildman–Crippen LogP) is 3.55. The van der Waals surface area contributed by atoms with E-state index in [0.717, 1.165) is 28.2 Å². The Hall–Kier alpha value is -1.96. The van der Waals surface area contributed by atoms with Crippen molar-refractivity contribution in [2.75, 3.05) is 14.2 Å². The second-order valence-electron chi connectivity index (χ2n) is 3.69. The van der Waals surface area contributed by atoms with Crippen molar-refractivity contribution in [3.63, 3.8) is 0 Å². The van der Waals surface area contributed by atoms with Gasteiger partial charge in [0.15, 0.2) is 0 Å². The van der Waals surface area contributed by atoms with Gasteiger partial charge in [-0.05, 0) is 30.2 Å². The first-order valence-electron chi connectivity index (χ1n) is 5.40. The Kier molecular flexibility index (Phi) is 3.33. The number of hydrogen-bond acceptors (Lipinski definition) is 2. The zero-order valence-corrected chi connectivity index (χ0v) is 10.1. The molecule has 0 unspecified atom stereocenters. The van der Waals surface area contributed by atoms with Crippen molar-refractivity contribution in [3.05, 3.63) is 55.0 Å². The fourth-order valence-corrected chi connectivity index (χ4v) is 1.88. The van der Waals surface area contributed by atoms with E-state index < -0.39 is 0 Å². The molecule has 2 aromatic rings. The normalized spacial score (nSPS) is 10.1. The molecule has 2 rings (SSSR count). The SMILES string of the molecule is [CH2]c1ccccc1-c1c(OC)cccc1OC. The third kappa shape index (κ3) is 2.11. The number of ether oxygens (including phenoxy) is 2. The molecule has 87 valence electrons. The average molecular weight is 227 g/mol. The van der Waals surface area contributed by atoms with Crippen LogP contribution in [0.3, 0.4) is 0 Å². The van der Waals surface area contributed by atoms with Gasteiger partial charge in [-0.2, -0.15) is 0 Å². The van der Waals surface area contributed by atoms with Crippen LogP contribution >= 0.6 is 0 Å². The Morgan fingerprint density at radius 3 is 1.94 bits per heavy atom. The molecular formula is C15H15O2. The molecule has 0 aromatic heterocycles. The molecule has 1 radical (unpaired) electrons. The van der Waals surface area contributed by atoms with Gasteiger partial charge in [-0.1, -0.05) is 30.3 Å². The van der Waals surface area contributed by atoms with Crippen molar-refractivity contribution in [2.45, 2.75) is 0 Å². The topological polar surface area (TPSA) is 18.5 Å². The van der Waals surface area contributed by atoms with Gasteiger partial charge < -0.3 is 9.47 Å². The van der Waals surface area contributed by atoms with Crippen LogP contribution in [0.15, 0.2) is 42.5 Å². The summed E-state index contributed by atoms with van der Waals surface area (Å²) in [5.74, 6) is 1.58. The van der Waals surface area contributed by atoms with Gasteiger partial charge in [0.25, 0.3) is 0 Å². The van der Waals surface area contributed by atoms with Gasteiger partial charge in [-0.15, -0.1) is 0 Å². The molecule has 0 bridgehead atoms. The zero-order valence-electron chi connectivity index (χ0n) is 10.1. The first-order chi connectivity index (χ1) is 8.27. The van der Waals surface area contributed by atoms with Gasteiger partial charge in [0.2, 0.25) is 0 Å². The lowest BCUT2D eigenvalue weighted by molar-refractivity contribution is 0.397. The van der Waals surface area contributed by atoms with Crippen LogP contribution in [0, 0.1) is 6.92 Å². The molecular weight excluding hydrogens is 212 g/mol. The van der Waals surface area contributed by atoms with Crippen LogP contribution in [0.4, 0.5) is 0 Å². The van der Waals surface area contributed by atoms with E-state index in [9.17, 15) is 0 Å². The molecule has 0 amide bonds. The van der Waals surface area contributed by atoms with E-state index in [-0.39, 0.29) is 0 Å². The fraction of sp³-hybridized carbons (Fsp3) is 0.133. The maximum atomic E-state index is 5.39. The number of benzene rings is 2. The highest BCUT2D eigenvalue weighted by Crippen LogP contribution is 2.39. The van der Waals surface area contributed by atoms with Crippen LogP contribution in [-0.4, -0.2) is 14.2 Å². The van der Waals surface area contributed by atoms with Gasteiger partial charge >= 0.3 is 0 Å². The van der Waals surface area contributed by atoms with Gasteiger partial charge in [0.1, 0.15) is 11.5 Å². The molecule has 0 aliphatic carbocycles. The second kappa shape index (κ2) is 4.91. The second-order valence-corrected chi connectivity index (χ2v) is 3.69. The van der Waals surface area contributed by atoms with E-state index in [4.69, 9.17) is 9.47 Å². The summed E-state index contributed by atoms with van der Waals surface area (Å²) in [6.45, 7) is 4.04. The van der Waals surface area contributed by atoms with Crippen molar-refractivity contribution < 1.29 is 9.47 Å². The minimum atomic E-state index is 0.792. The first-order valence-corrected chi connectivity index (χ1v) is 5.40. The van der Waals surface area contributed by atoms with E-state index >= 15 is 0 Å². The summed E-state index contributed by atoms with van der Waals surface area (Å²) >= 11 is 0. The monoisotopic (exact) mass is 227 g/mol. The van der Waals surface area contributed by atoms with Crippen molar-refractivity contribution in [1.29, 1.82) is 0 Å². The summed E-state index contributed by atoms with van der Waals surface area (Å²) in [7, 11) is 3.31. The molecule has 2 nitrogen and oxygen atoms in total. The lowest BCUT2D eigenvalue weighted by atomic mass is 9.99. The molecule has 2 aromatic carbocycles. The minimum Gasteiger partial charge on any atom is -0.496 e. The summed E-state index contributed by atoms with van der Waals surface area (Å²) in [4.78, 5) is 0. The molecule has 17 heavy (non-hydrogen) atoms. The average Bonchev–Trinajstić information content (AvgIpc) is 2.38. The van der Waals surface area contributed by atoms with Crippen LogP contribution in [0.1, 0.15) is 5.56 Å². The fourth-order valence-electron chi connectivity index (χ4n) is 1.88. The standard InChI is InChI=1S/C15H15O2/c1-11-7-4-5-8-12(11)15-13(16-2)9-6-10-14(15)17-3/h4-10H,1H2,2-3H3. The first kappa shape index (κ1) is 11.5. The van der Waals surface area contributed by atoms with E-state index in [0.29, 0.717) is 0 Å². The third-order valence-electron chi connectivity index (χ3n) is 2.71. The van der Waals surface area contributed by atoms with Crippen LogP contribution in [-0.2, 0) is 0 Å². The minimum absolute atomic E-state index is 0.792. The van der Waals surface area contributed by atoms with Crippen molar-refractivity contribution in [1.82, 2.24) is 0 Å². The number of rotatable bonds is 3. The van der Waals surface area contributed by atoms with Crippen LogP contribution in [0.2, 0.25) is 0 Å². The van der Waals surface area contributed by atoms with Crippen LogP contribution in [0.5, 0.6) is 11.5 Å². The highest BCUT2D eigenvalue weighted by Gasteiger charge is 2.13. The summed E-state index contributed by atoms with van der Waals surface area (Å²) in [6, 6.07) is 13.7. The Balaban J connectivity index is 2.69. The van der Waals surface area contributed by atoms with E-state index in [2.05, 4.69) is 6.92 Å². The molecule has 0 aliphatic heterocycles.